The van der Waals surface area contributed by atoms with E-state index < -0.39 is 6.10 Å². The summed E-state index contributed by atoms with van der Waals surface area (Å²) in [6.45, 7) is 1.90. The van der Waals surface area contributed by atoms with E-state index in [4.69, 9.17) is 0 Å². The number of aliphatic hydroxyl groups is 1. The summed E-state index contributed by atoms with van der Waals surface area (Å²) in [5, 5.41) is 14.6. The van der Waals surface area contributed by atoms with E-state index in [2.05, 4.69) is 21.7 Å². The molecule has 0 radical (unpaired) electrons. The van der Waals surface area contributed by atoms with Crippen LogP contribution in [0.1, 0.15) is 22.1 Å². The fourth-order valence-corrected chi connectivity index (χ4v) is 3.79. The van der Waals surface area contributed by atoms with Gasteiger partial charge in [0.2, 0.25) is 0 Å². The van der Waals surface area contributed by atoms with Gasteiger partial charge in [0, 0.05) is 34.9 Å². The van der Waals surface area contributed by atoms with Crippen LogP contribution in [0.15, 0.2) is 29.6 Å². The Kier molecular flexibility index (Phi) is 2.58. The largest absolute Gasteiger partial charge is 0.378 e. The molecule has 2 aliphatic heterocycles. The van der Waals surface area contributed by atoms with Crippen molar-refractivity contribution in [2.24, 2.45) is 0 Å². The molecule has 2 aliphatic rings. The van der Waals surface area contributed by atoms with Crippen molar-refractivity contribution in [3.05, 3.63) is 45.6 Å². The third kappa shape index (κ3) is 1.74. The Bertz CT molecular complexity index is 695. The van der Waals surface area contributed by atoms with E-state index in [1.54, 1.807) is 0 Å². The lowest BCUT2D eigenvalue weighted by atomic mass is 10.1. The van der Waals surface area contributed by atoms with E-state index in [9.17, 15) is 9.90 Å². The van der Waals surface area contributed by atoms with Crippen molar-refractivity contribution in [1.29, 1.82) is 0 Å². The topological polar surface area (TPSA) is 52.6 Å². The van der Waals surface area contributed by atoms with Crippen LogP contribution in [0.4, 0.5) is 11.4 Å². The Morgan fingerprint density at radius 3 is 3.15 bits per heavy atom. The van der Waals surface area contributed by atoms with Crippen LogP contribution in [0.25, 0.3) is 0 Å². The highest BCUT2D eigenvalue weighted by molar-refractivity contribution is 7.10. The minimum Gasteiger partial charge on any atom is -0.378 e. The minimum atomic E-state index is -1.02. The fourth-order valence-electron chi connectivity index (χ4n) is 2.90. The number of carbonyl (C=O) groups excluding carboxylic acids is 1. The highest BCUT2D eigenvalue weighted by atomic mass is 32.1. The van der Waals surface area contributed by atoms with Gasteiger partial charge in [-0.05, 0) is 35.6 Å². The number of thiophene rings is 1. The lowest BCUT2D eigenvalue weighted by Crippen LogP contribution is -2.29. The number of nitrogens with one attached hydrogen (secondary N) is 1. The molecular formula is C15H14N2O2S. The molecule has 5 heteroatoms. The zero-order valence-corrected chi connectivity index (χ0v) is 11.6. The van der Waals surface area contributed by atoms with E-state index in [0.29, 0.717) is 5.56 Å². The van der Waals surface area contributed by atoms with Crippen molar-refractivity contribution in [3.8, 4) is 0 Å². The summed E-state index contributed by atoms with van der Waals surface area (Å²) in [5.41, 5.74) is 3.89. The van der Waals surface area contributed by atoms with Crippen LogP contribution in [-0.2, 0) is 17.8 Å². The summed E-state index contributed by atoms with van der Waals surface area (Å²) in [6.07, 6.45) is 0.0443. The van der Waals surface area contributed by atoms with E-state index in [1.165, 1.54) is 10.4 Å². The molecule has 2 N–H and O–H groups in total. The van der Waals surface area contributed by atoms with Crippen molar-refractivity contribution in [3.63, 3.8) is 0 Å². The summed E-state index contributed by atoms with van der Waals surface area (Å²) in [4.78, 5) is 15.3. The molecule has 1 aromatic heterocycles. The molecule has 0 aliphatic carbocycles. The number of amides is 1. The molecule has 102 valence electrons. The van der Waals surface area contributed by atoms with Crippen LogP contribution in [0.2, 0.25) is 0 Å². The lowest BCUT2D eigenvalue weighted by Gasteiger charge is -2.29. The molecular weight excluding hydrogens is 272 g/mol. The first-order chi connectivity index (χ1) is 9.72. The summed E-state index contributed by atoms with van der Waals surface area (Å²) in [5.74, 6) is -0.337. The Morgan fingerprint density at radius 2 is 2.25 bits per heavy atom. The molecule has 1 aromatic carbocycles. The Hall–Kier alpha value is -1.85. The highest BCUT2D eigenvalue weighted by Crippen LogP contribution is 2.35. The number of hydrogen-bond acceptors (Lipinski definition) is 4. The molecule has 0 saturated carbocycles. The maximum absolute atomic E-state index is 11.5. The first-order valence-corrected chi connectivity index (χ1v) is 7.53. The zero-order valence-electron chi connectivity index (χ0n) is 10.8. The van der Waals surface area contributed by atoms with E-state index in [0.717, 1.165) is 30.9 Å². The molecule has 3 heterocycles. The van der Waals surface area contributed by atoms with Crippen molar-refractivity contribution in [2.75, 3.05) is 16.8 Å². The third-order valence-electron chi connectivity index (χ3n) is 4.01. The number of anilines is 2. The van der Waals surface area contributed by atoms with Crippen LogP contribution in [0.5, 0.6) is 0 Å². The second-order valence-corrected chi connectivity index (χ2v) is 6.20. The summed E-state index contributed by atoms with van der Waals surface area (Å²) in [6, 6.07) is 7.97. The van der Waals surface area contributed by atoms with Crippen LogP contribution >= 0.6 is 11.3 Å². The number of nitrogens with zero attached hydrogens (tertiary/aromatic N) is 1. The molecule has 0 fully saturated rings. The van der Waals surface area contributed by atoms with Crippen molar-refractivity contribution in [2.45, 2.75) is 19.1 Å². The first kappa shape index (κ1) is 11.9. The fraction of sp³-hybridized carbons (Fsp3) is 0.267. The summed E-state index contributed by atoms with van der Waals surface area (Å²) >= 11 is 1.83. The van der Waals surface area contributed by atoms with Gasteiger partial charge in [0.1, 0.15) is 0 Å². The molecule has 1 amide bonds. The number of carbonyl (C=O) groups is 1. The number of aliphatic hydroxyl groups excluding tert-OH is 1. The molecule has 2 aromatic rings. The molecule has 0 spiro atoms. The number of benzene rings is 1. The average Bonchev–Trinajstić information content (AvgIpc) is 3.03. The first-order valence-electron chi connectivity index (χ1n) is 6.65. The second kappa shape index (κ2) is 4.33. The Labute approximate surface area is 120 Å². The third-order valence-corrected chi connectivity index (χ3v) is 5.03. The average molecular weight is 286 g/mol. The molecule has 0 saturated heterocycles. The molecule has 0 bridgehead atoms. The smallest absolute Gasteiger partial charge is 0.257 e. The minimum absolute atomic E-state index is 0.337. The summed E-state index contributed by atoms with van der Waals surface area (Å²) < 4.78 is 0. The number of fused-ring (bicyclic) bond motifs is 2. The Balaban J connectivity index is 1.65. The maximum Gasteiger partial charge on any atom is 0.257 e. The molecule has 4 rings (SSSR count). The highest BCUT2D eigenvalue weighted by Gasteiger charge is 2.29. The number of hydrogen-bond donors (Lipinski definition) is 2. The zero-order chi connectivity index (χ0) is 13.7. The van der Waals surface area contributed by atoms with Gasteiger partial charge >= 0.3 is 0 Å². The molecule has 1 atom stereocenters. The predicted molar refractivity (Wildman–Crippen MR) is 79.1 cm³/mol. The van der Waals surface area contributed by atoms with Gasteiger partial charge in [-0.1, -0.05) is 6.07 Å². The predicted octanol–water partition coefficient (Wildman–Crippen LogP) is 2.30. The van der Waals surface area contributed by atoms with Gasteiger partial charge < -0.3 is 15.3 Å². The quantitative estimate of drug-likeness (QED) is 0.846. The SMILES string of the molecule is O=C1Nc2cc(N3CCc4sccc4C3)ccc2C1O. The molecule has 20 heavy (non-hydrogen) atoms. The van der Waals surface area contributed by atoms with Crippen molar-refractivity contribution < 1.29 is 9.90 Å². The van der Waals surface area contributed by atoms with Crippen molar-refractivity contribution in [1.82, 2.24) is 0 Å². The van der Waals surface area contributed by atoms with Gasteiger partial charge in [-0.3, -0.25) is 4.79 Å². The monoisotopic (exact) mass is 286 g/mol. The maximum atomic E-state index is 11.5. The lowest BCUT2D eigenvalue weighted by molar-refractivity contribution is -0.123. The van der Waals surface area contributed by atoms with E-state index >= 15 is 0 Å². The van der Waals surface area contributed by atoms with Crippen LogP contribution in [-0.4, -0.2) is 17.6 Å². The molecule has 1 unspecified atom stereocenters. The van der Waals surface area contributed by atoms with Crippen LogP contribution in [0.3, 0.4) is 0 Å². The van der Waals surface area contributed by atoms with E-state index in [-0.39, 0.29) is 5.91 Å². The second-order valence-electron chi connectivity index (χ2n) is 5.20. The van der Waals surface area contributed by atoms with Gasteiger partial charge in [-0.25, -0.2) is 0 Å². The van der Waals surface area contributed by atoms with Gasteiger partial charge in [0.05, 0.1) is 0 Å². The van der Waals surface area contributed by atoms with E-state index in [1.807, 2.05) is 29.5 Å². The number of rotatable bonds is 1. The Morgan fingerprint density at radius 1 is 1.35 bits per heavy atom. The standard InChI is InChI=1S/C15H14N2O2S/c18-14-11-2-1-10(7-12(11)16-15(14)19)17-5-3-13-9(8-17)4-6-20-13/h1-2,4,6-7,14,18H,3,5,8H2,(H,16,19). The van der Waals surface area contributed by atoms with Gasteiger partial charge in [-0.15, -0.1) is 11.3 Å². The van der Waals surface area contributed by atoms with Crippen molar-refractivity contribution >= 4 is 28.6 Å². The van der Waals surface area contributed by atoms with Crippen LogP contribution < -0.4 is 10.2 Å². The van der Waals surface area contributed by atoms with Gasteiger partial charge in [0.25, 0.3) is 5.91 Å². The van der Waals surface area contributed by atoms with Gasteiger partial charge in [0.15, 0.2) is 6.10 Å². The van der Waals surface area contributed by atoms with Crippen LogP contribution in [0, 0.1) is 0 Å². The molecule has 4 nitrogen and oxygen atoms in total. The summed E-state index contributed by atoms with van der Waals surface area (Å²) in [7, 11) is 0. The normalized spacial score (nSPS) is 20.6. The van der Waals surface area contributed by atoms with Gasteiger partial charge in [-0.2, -0.15) is 0 Å².